The van der Waals surface area contributed by atoms with E-state index in [9.17, 15) is 9.00 Å². The number of hydrogen-bond donors (Lipinski definition) is 0. The minimum atomic E-state index is -1.20. The van der Waals surface area contributed by atoms with Gasteiger partial charge in [0.1, 0.15) is 5.75 Å². The zero-order valence-corrected chi connectivity index (χ0v) is 13.1. The molecule has 0 aliphatic heterocycles. The van der Waals surface area contributed by atoms with Crippen LogP contribution < -0.4 is 0 Å². The average molecular weight is 301 g/mol. The van der Waals surface area contributed by atoms with Crippen LogP contribution >= 0.6 is 0 Å². The third-order valence-electron chi connectivity index (χ3n) is 3.20. The van der Waals surface area contributed by atoms with Gasteiger partial charge in [0.25, 0.3) is 0 Å². The Morgan fingerprint density at radius 3 is 2.29 bits per heavy atom. The van der Waals surface area contributed by atoms with Crippen molar-refractivity contribution in [3.05, 3.63) is 60.2 Å². The maximum Gasteiger partial charge on any atom is 0.234 e. The molecule has 21 heavy (non-hydrogen) atoms. The summed E-state index contributed by atoms with van der Waals surface area (Å²) in [5.41, 5.74) is 3.18. The molecule has 1 atom stereocenters. The van der Waals surface area contributed by atoms with Crippen LogP contribution in [-0.2, 0) is 21.3 Å². The molecule has 0 fully saturated rings. The van der Waals surface area contributed by atoms with Crippen LogP contribution in [0.25, 0.3) is 11.1 Å². The number of nitrogens with zero attached hydrogens (tertiary/aromatic N) is 1. The molecule has 0 saturated carbocycles. The molecule has 0 radical (unpaired) electrons. The van der Waals surface area contributed by atoms with E-state index in [1.165, 1.54) is 4.90 Å². The van der Waals surface area contributed by atoms with Crippen molar-refractivity contribution < 1.29 is 9.00 Å². The van der Waals surface area contributed by atoms with E-state index in [4.69, 9.17) is 0 Å². The zero-order valence-electron chi connectivity index (χ0n) is 12.3. The van der Waals surface area contributed by atoms with Crippen LogP contribution in [-0.4, -0.2) is 34.9 Å². The molecular weight excluding hydrogens is 282 g/mol. The highest BCUT2D eigenvalue weighted by Gasteiger charge is 2.12. The molecular formula is C17H19NO2S. The summed E-state index contributed by atoms with van der Waals surface area (Å²) in [5.74, 6) is 0.353. The third-order valence-corrected chi connectivity index (χ3v) is 4.40. The van der Waals surface area contributed by atoms with E-state index >= 15 is 0 Å². The first-order valence-electron chi connectivity index (χ1n) is 6.76. The van der Waals surface area contributed by atoms with Gasteiger partial charge in [-0.25, -0.2) is 0 Å². The third kappa shape index (κ3) is 4.26. The van der Waals surface area contributed by atoms with Gasteiger partial charge in [-0.05, 0) is 16.7 Å². The molecule has 2 rings (SSSR count). The Balaban J connectivity index is 2.18. The van der Waals surface area contributed by atoms with Crippen LogP contribution in [0.3, 0.4) is 0 Å². The number of carbonyl (C=O) groups is 1. The Morgan fingerprint density at radius 1 is 1.00 bits per heavy atom. The molecule has 110 valence electrons. The molecule has 3 nitrogen and oxygen atoms in total. The first-order chi connectivity index (χ1) is 10.1. The number of carbonyl (C=O) groups excluding carboxylic acids is 1. The first kappa shape index (κ1) is 15.4. The Bertz CT molecular complexity index is 638. The second kappa shape index (κ2) is 7.18. The first-order valence-corrected chi connectivity index (χ1v) is 8.25. The van der Waals surface area contributed by atoms with Crippen molar-refractivity contribution in [2.24, 2.45) is 0 Å². The van der Waals surface area contributed by atoms with Gasteiger partial charge in [-0.1, -0.05) is 54.6 Å². The van der Waals surface area contributed by atoms with Crippen molar-refractivity contribution in [3.8, 4) is 11.1 Å². The Hall–Kier alpha value is -1.94. The normalized spacial score (nSPS) is 11.9. The van der Waals surface area contributed by atoms with Gasteiger partial charge in [-0.15, -0.1) is 0 Å². The van der Waals surface area contributed by atoms with Crippen molar-refractivity contribution in [3.63, 3.8) is 0 Å². The minimum absolute atomic E-state index is 0.0656. The summed E-state index contributed by atoms with van der Waals surface area (Å²) in [6, 6.07) is 17.9. The van der Waals surface area contributed by atoms with Gasteiger partial charge in [-0.3, -0.25) is 9.00 Å². The number of rotatable bonds is 5. The van der Waals surface area contributed by atoms with E-state index in [1.807, 2.05) is 54.6 Å². The Morgan fingerprint density at radius 2 is 1.62 bits per heavy atom. The van der Waals surface area contributed by atoms with Gasteiger partial charge in [0.15, 0.2) is 0 Å². The van der Waals surface area contributed by atoms with E-state index in [0.717, 1.165) is 16.7 Å². The van der Waals surface area contributed by atoms with Gasteiger partial charge in [0.2, 0.25) is 5.91 Å². The summed E-state index contributed by atoms with van der Waals surface area (Å²) in [5, 5.41) is 0. The van der Waals surface area contributed by atoms with E-state index < -0.39 is 10.8 Å². The molecule has 0 aromatic heterocycles. The molecule has 1 amide bonds. The van der Waals surface area contributed by atoms with Crippen LogP contribution in [0.1, 0.15) is 5.56 Å². The standard InChI is InChI=1S/C17H19NO2S/c1-18(2)17(19)13-21(20)12-15-10-6-7-11-16(15)14-8-4-3-5-9-14/h3-11H,12-13H2,1-2H3/t21-/m0/s1. The van der Waals surface area contributed by atoms with Crippen molar-refractivity contribution in [2.75, 3.05) is 19.8 Å². The summed E-state index contributed by atoms with van der Waals surface area (Å²) in [4.78, 5) is 13.1. The monoisotopic (exact) mass is 301 g/mol. The lowest BCUT2D eigenvalue weighted by atomic mass is 10.0. The summed E-state index contributed by atoms with van der Waals surface area (Å²) >= 11 is 0. The average Bonchev–Trinajstić information content (AvgIpc) is 2.48. The molecule has 0 N–H and O–H groups in total. The lowest BCUT2D eigenvalue weighted by Gasteiger charge is -2.12. The predicted molar refractivity (Wildman–Crippen MR) is 87.3 cm³/mol. The zero-order chi connectivity index (χ0) is 15.2. The largest absolute Gasteiger partial charge is 0.348 e. The summed E-state index contributed by atoms with van der Waals surface area (Å²) in [7, 11) is 2.16. The highest BCUT2D eigenvalue weighted by molar-refractivity contribution is 7.84. The van der Waals surface area contributed by atoms with Crippen LogP contribution in [0.4, 0.5) is 0 Å². The van der Waals surface area contributed by atoms with Gasteiger partial charge < -0.3 is 4.90 Å². The van der Waals surface area contributed by atoms with Crippen molar-refractivity contribution in [2.45, 2.75) is 5.75 Å². The molecule has 0 bridgehead atoms. The maximum absolute atomic E-state index is 12.2. The summed E-state index contributed by atoms with van der Waals surface area (Å²) in [6.07, 6.45) is 0. The fraction of sp³-hybridized carbons (Fsp3) is 0.235. The van der Waals surface area contributed by atoms with Crippen LogP contribution in [0.15, 0.2) is 54.6 Å². The van der Waals surface area contributed by atoms with Crippen molar-refractivity contribution >= 4 is 16.7 Å². The number of amides is 1. The Kier molecular flexibility index (Phi) is 5.28. The second-order valence-electron chi connectivity index (χ2n) is 5.04. The minimum Gasteiger partial charge on any atom is -0.348 e. The topological polar surface area (TPSA) is 37.4 Å². The van der Waals surface area contributed by atoms with E-state index in [-0.39, 0.29) is 11.7 Å². The SMILES string of the molecule is CN(C)C(=O)C[S@@](=O)Cc1ccccc1-c1ccccc1. The summed E-state index contributed by atoms with van der Waals surface area (Å²) in [6.45, 7) is 0. The fourth-order valence-corrected chi connectivity index (χ4v) is 3.27. The highest BCUT2D eigenvalue weighted by Crippen LogP contribution is 2.24. The van der Waals surface area contributed by atoms with Crippen molar-refractivity contribution in [1.29, 1.82) is 0 Å². The van der Waals surface area contributed by atoms with Gasteiger partial charge in [0, 0.05) is 30.6 Å². The van der Waals surface area contributed by atoms with Gasteiger partial charge >= 0.3 is 0 Å². The molecule has 2 aromatic carbocycles. The number of hydrogen-bond acceptors (Lipinski definition) is 2. The second-order valence-corrected chi connectivity index (χ2v) is 6.50. The van der Waals surface area contributed by atoms with E-state index in [2.05, 4.69) is 0 Å². The van der Waals surface area contributed by atoms with Gasteiger partial charge in [0.05, 0.1) is 0 Å². The molecule has 0 unspecified atom stereocenters. The van der Waals surface area contributed by atoms with Crippen LogP contribution in [0.2, 0.25) is 0 Å². The summed E-state index contributed by atoms with van der Waals surface area (Å²) < 4.78 is 12.2. The lowest BCUT2D eigenvalue weighted by molar-refractivity contribution is -0.125. The molecule has 4 heteroatoms. The number of benzene rings is 2. The van der Waals surface area contributed by atoms with E-state index in [0.29, 0.717) is 5.75 Å². The molecule has 0 aliphatic rings. The highest BCUT2D eigenvalue weighted by atomic mass is 32.2. The fourth-order valence-electron chi connectivity index (χ4n) is 2.04. The molecule has 2 aromatic rings. The van der Waals surface area contributed by atoms with Crippen molar-refractivity contribution in [1.82, 2.24) is 4.90 Å². The smallest absolute Gasteiger partial charge is 0.234 e. The Labute approximate surface area is 128 Å². The van der Waals surface area contributed by atoms with Crippen LogP contribution in [0, 0.1) is 0 Å². The molecule has 0 saturated heterocycles. The van der Waals surface area contributed by atoms with E-state index in [1.54, 1.807) is 14.1 Å². The van der Waals surface area contributed by atoms with Crippen LogP contribution in [0.5, 0.6) is 0 Å². The predicted octanol–water partition coefficient (Wildman–Crippen LogP) is 2.69. The maximum atomic E-state index is 12.2. The molecule has 0 spiro atoms. The molecule has 0 aliphatic carbocycles. The van der Waals surface area contributed by atoms with Gasteiger partial charge in [-0.2, -0.15) is 0 Å². The quantitative estimate of drug-likeness (QED) is 0.851. The molecule has 0 heterocycles. The lowest BCUT2D eigenvalue weighted by Crippen LogP contribution is -2.27.